The van der Waals surface area contributed by atoms with Crippen LogP contribution in [-0.4, -0.2) is 26.4 Å². The molecule has 4 rings (SSSR count). The van der Waals surface area contributed by atoms with Gasteiger partial charge in [-0.3, -0.25) is 9.36 Å². The summed E-state index contributed by atoms with van der Waals surface area (Å²) in [6, 6.07) is 18.5. The lowest BCUT2D eigenvalue weighted by Gasteiger charge is -2.11. The van der Waals surface area contributed by atoms with E-state index in [2.05, 4.69) is 15.5 Å². The van der Waals surface area contributed by atoms with Crippen LogP contribution in [0.4, 0.5) is 18.9 Å². The number of thioether (sulfide) groups is 1. The number of hydrogen-bond donors (Lipinski definition) is 1. The Balaban J connectivity index is 1.56. The number of nitrogens with zero attached hydrogens (tertiary/aromatic N) is 3. The van der Waals surface area contributed by atoms with E-state index in [4.69, 9.17) is 11.6 Å². The highest BCUT2D eigenvalue weighted by atomic mass is 35.5. The number of anilines is 1. The van der Waals surface area contributed by atoms with Gasteiger partial charge in [0.05, 0.1) is 23.0 Å². The summed E-state index contributed by atoms with van der Waals surface area (Å²) in [5.74, 6) is -4.68. The molecule has 0 unspecified atom stereocenters. The molecule has 33 heavy (non-hydrogen) atoms. The van der Waals surface area contributed by atoms with E-state index in [9.17, 15) is 18.0 Å². The summed E-state index contributed by atoms with van der Waals surface area (Å²) >= 11 is 7.43. The molecule has 168 valence electrons. The number of amides is 1. The molecule has 1 aromatic heterocycles. The van der Waals surface area contributed by atoms with Gasteiger partial charge < -0.3 is 5.32 Å². The molecule has 5 nitrogen and oxygen atoms in total. The Morgan fingerprint density at radius 2 is 1.67 bits per heavy atom. The van der Waals surface area contributed by atoms with Crippen molar-refractivity contribution in [3.05, 3.63) is 94.8 Å². The molecule has 0 spiro atoms. The fourth-order valence-electron chi connectivity index (χ4n) is 3.08. The summed E-state index contributed by atoms with van der Waals surface area (Å²) in [7, 11) is 0. The van der Waals surface area contributed by atoms with Crippen molar-refractivity contribution in [2.24, 2.45) is 0 Å². The number of aromatic nitrogens is 3. The normalized spacial score (nSPS) is 10.9. The predicted molar refractivity (Wildman–Crippen MR) is 122 cm³/mol. The Morgan fingerprint density at radius 1 is 0.939 bits per heavy atom. The molecule has 1 heterocycles. The number of carbonyl (C=O) groups is 1. The van der Waals surface area contributed by atoms with Crippen molar-refractivity contribution in [3.8, 4) is 11.4 Å². The smallest absolute Gasteiger partial charge is 0.234 e. The van der Waals surface area contributed by atoms with E-state index >= 15 is 0 Å². The average Bonchev–Trinajstić information content (AvgIpc) is 3.21. The van der Waals surface area contributed by atoms with Gasteiger partial charge in [-0.1, -0.05) is 65.8 Å². The zero-order chi connectivity index (χ0) is 23.4. The number of rotatable bonds is 7. The third-order valence-corrected chi connectivity index (χ3v) is 5.95. The maximum Gasteiger partial charge on any atom is 0.234 e. The summed E-state index contributed by atoms with van der Waals surface area (Å²) in [5, 5.41) is 11.7. The minimum Gasteiger partial charge on any atom is -0.323 e. The third-order valence-electron chi connectivity index (χ3n) is 4.66. The molecule has 3 aromatic carbocycles. The first-order chi connectivity index (χ1) is 15.9. The van der Waals surface area contributed by atoms with Crippen LogP contribution in [0.25, 0.3) is 11.4 Å². The minimum absolute atomic E-state index is 0.159. The fourth-order valence-corrected chi connectivity index (χ4v) is 4.04. The van der Waals surface area contributed by atoms with Crippen LogP contribution in [0.15, 0.2) is 71.9 Å². The van der Waals surface area contributed by atoms with E-state index in [1.165, 1.54) is 0 Å². The van der Waals surface area contributed by atoms with Crippen molar-refractivity contribution >= 4 is 35.0 Å². The van der Waals surface area contributed by atoms with Crippen LogP contribution in [0.1, 0.15) is 5.56 Å². The molecule has 4 aromatic rings. The van der Waals surface area contributed by atoms with Gasteiger partial charge in [-0.05, 0) is 29.8 Å². The molecule has 0 saturated carbocycles. The highest BCUT2D eigenvalue weighted by Crippen LogP contribution is 2.30. The number of carbonyl (C=O) groups excluding carboxylic acids is 1. The lowest BCUT2D eigenvalue weighted by Crippen LogP contribution is -2.16. The van der Waals surface area contributed by atoms with Gasteiger partial charge in [0.25, 0.3) is 0 Å². The van der Waals surface area contributed by atoms with Gasteiger partial charge in [-0.2, -0.15) is 0 Å². The summed E-state index contributed by atoms with van der Waals surface area (Å²) in [6.45, 7) is 0.427. The Labute approximate surface area is 196 Å². The topological polar surface area (TPSA) is 59.8 Å². The first-order valence-corrected chi connectivity index (χ1v) is 11.1. The SMILES string of the molecule is O=C(CSc1nnc(-c2ccccc2Cl)n1Cc1ccccc1)Nc1ccc(F)c(F)c1F. The molecule has 0 aliphatic carbocycles. The van der Waals surface area contributed by atoms with Crippen LogP contribution in [-0.2, 0) is 11.3 Å². The summed E-state index contributed by atoms with van der Waals surface area (Å²) < 4.78 is 42.2. The fraction of sp³-hybridized carbons (Fsp3) is 0.0870. The van der Waals surface area contributed by atoms with E-state index in [0.717, 1.165) is 29.5 Å². The highest BCUT2D eigenvalue weighted by Gasteiger charge is 2.19. The van der Waals surface area contributed by atoms with Gasteiger partial charge >= 0.3 is 0 Å². The lowest BCUT2D eigenvalue weighted by molar-refractivity contribution is -0.113. The van der Waals surface area contributed by atoms with Gasteiger partial charge in [0.15, 0.2) is 28.4 Å². The van der Waals surface area contributed by atoms with Crippen LogP contribution in [0, 0.1) is 17.5 Å². The van der Waals surface area contributed by atoms with Gasteiger partial charge in [-0.25, -0.2) is 13.2 Å². The zero-order valence-electron chi connectivity index (χ0n) is 16.9. The Hall–Kier alpha value is -3.30. The second-order valence-electron chi connectivity index (χ2n) is 6.92. The quantitative estimate of drug-likeness (QED) is 0.264. The van der Waals surface area contributed by atoms with Gasteiger partial charge in [0.1, 0.15) is 0 Å². The molecule has 10 heteroatoms. The maximum absolute atomic E-state index is 13.8. The Morgan fingerprint density at radius 3 is 2.42 bits per heavy atom. The molecule has 0 fully saturated rings. The van der Waals surface area contributed by atoms with Crippen molar-refractivity contribution in [2.75, 3.05) is 11.1 Å². The van der Waals surface area contributed by atoms with E-state index < -0.39 is 29.0 Å². The minimum atomic E-state index is -1.65. The molecule has 0 bridgehead atoms. The molecular formula is C23H16ClF3N4OS. The Kier molecular flexibility index (Phi) is 7.00. The molecular weight excluding hydrogens is 473 g/mol. The maximum atomic E-state index is 13.8. The number of nitrogens with one attached hydrogen (secondary N) is 1. The predicted octanol–water partition coefficient (Wildman–Crippen LogP) is 5.79. The summed E-state index contributed by atoms with van der Waals surface area (Å²) in [4.78, 5) is 12.3. The van der Waals surface area contributed by atoms with Crippen LogP contribution < -0.4 is 5.32 Å². The first kappa shape index (κ1) is 22.9. The molecule has 1 amide bonds. The van der Waals surface area contributed by atoms with Crippen molar-refractivity contribution < 1.29 is 18.0 Å². The summed E-state index contributed by atoms with van der Waals surface area (Å²) in [5.41, 5.74) is 1.23. The standard InChI is InChI=1S/C23H16ClF3N4OS/c24-16-9-5-4-8-15(16)22-29-30-23(31(22)12-14-6-2-1-3-7-14)33-13-19(32)28-18-11-10-17(25)20(26)21(18)27/h1-11H,12-13H2,(H,28,32). The zero-order valence-corrected chi connectivity index (χ0v) is 18.5. The average molecular weight is 489 g/mol. The molecule has 0 aliphatic rings. The highest BCUT2D eigenvalue weighted by molar-refractivity contribution is 7.99. The van der Waals surface area contributed by atoms with Gasteiger partial charge in [0.2, 0.25) is 5.91 Å². The lowest BCUT2D eigenvalue weighted by atomic mass is 10.2. The van der Waals surface area contributed by atoms with Crippen molar-refractivity contribution in [3.63, 3.8) is 0 Å². The van der Waals surface area contributed by atoms with Crippen molar-refractivity contribution in [2.45, 2.75) is 11.7 Å². The molecule has 0 atom stereocenters. The third kappa shape index (κ3) is 5.20. The van der Waals surface area contributed by atoms with E-state index in [1.54, 1.807) is 12.1 Å². The molecule has 0 saturated heterocycles. The van der Waals surface area contributed by atoms with Gasteiger partial charge in [-0.15, -0.1) is 10.2 Å². The number of halogens is 4. The van der Waals surface area contributed by atoms with Crippen LogP contribution in [0.5, 0.6) is 0 Å². The monoisotopic (exact) mass is 488 g/mol. The van der Waals surface area contributed by atoms with Crippen LogP contribution in [0.3, 0.4) is 0 Å². The molecule has 1 N–H and O–H groups in total. The Bertz CT molecular complexity index is 1300. The van der Waals surface area contributed by atoms with Crippen molar-refractivity contribution in [1.29, 1.82) is 0 Å². The van der Waals surface area contributed by atoms with Crippen LogP contribution >= 0.6 is 23.4 Å². The second-order valence-corrected chi connectivity index (χ2v) is 8.27. The van der Waals surface area contributed by atoms with E-state index in [-0.39, 0.29) is 5.75 Å². The molecule has 0 radical (unpaired) electrons. The number of benzene rings is 3. The van der Waals surface area contributed by atoms with Crippen LogP contribution in [0.2, 0.25) is 5.02 Å². The van der Waals surface area contributed by atoms with E-state index in [1.807, 2.05) is 47.0 Å². The van der Waals surface area contributed by atoms with E-state index in [0.29, 0.717) is 28.1 Å². The van der Waals surface area contributed by atoms with Gasteiger partial charge in [0, 0.05) is 5.56 Å². The second kappa shape index (κ2) is 10.1. The number of hydrogen-bond acceptors (Lipinski definition) is 4. The molecule has 0 aliphatic heterocycles. The summed E-state index contributed by atoms with van der Waals surface area (Å²) in [6.07, 6.45) is 0. The first-order valence-electron chi connectivity index (χ1n) is 9.72. The largest absolute Gasteiger partial charge is 0.323 e. The van der Waals surface area contributed by atoms with Crippen molar-refractivity contribution in [1.82, 2.24) is 14.8 Å².